The molecule has 13 nitrogen and oxygen atoms in total. The molecule has 0 aliphatic heterocycles. The van der Waals surface area contributed by atoms with Crippen LogP contribution in [0.5, 0.6) is 0 Å². The first-order valence-corrected chi connectivity index (χ1v) is 11.1. The van der Waals surface area contributed by atoms with Gasteiger partial charge in [-0.15, -0.1) is 0 Å². The monoisotopic (exact) mass is 471 g/mol. The van der Waals surface area contributed by atoms with Gasteiger partial charge in [0.1, 0.15) is 18.1 Å². The molecule has 0 aliphatic rings. The smallest absolute Gasteiger partial charge is 0.326 e. The van der Waals surface area contributed by atoms with Crippen LogP contribution in [0.2, 0.25) is 0 Å². The van der Waals surface area contributed by atoms with E-state index >= 15 is 0 Å². The highest BCUT2D eigenvalue weighted by atomic mass is 32.2. The van der Waals surface area contributed by atoms with Gasteiger partial charge >= 0.3 is 5.97 Å². The lowest BCUT2D eigenvalue weighted by molar-refractivity contribution is -0.142. The molecule has 3 atom stereocenters. The number of H-pyrrole nitrogens is 1. The van der Waals surface area contributed by atoms with Gasteiger partial charge in [-0.2, -0.15) is 11.8 Å². The van der Waals surface area contributed by atoms with Crippen molar-refractivity contribution >= 4 is 41.4 Å². The molecule has 178 valence electrons. The molecule has 1 heterocycles. The first kappa shape index (κ1) is 26.9. The van der Waals surface area contributed by atoms with E-state index < -0.39 is 47.7 Å². The summed E-state index contributed by atoms with van der Waals surface area (Å²) in [5.41, 5.74) is 10.9. The standard InChI is InChI=1S/C18H29N7O6S/c1-32-5-4-12(17(29)25-13(18(30)31)6-10-8-21-9-22-10)24-16(28)11(2-3-14(20)26)23-15(27)7-19/h8-9,11-13H,2-7,19H2,1H3,(H2,20,26)(H,21,22)(H,23,27)(H,24,28)(H,25,29)(H,30,31). The van der Waals surface area contributed by atoms with Gasteiger partial charge < -0.3 is 37.5 Å². The quantitative estimate of drug-likeness (QED) is 0.143. The number of imidazole rings is 1. The van der Waals surface area contributed by atoms with Crippen LogP contribution in [0.3, 0.4) is 0 Å². The van der Waals surface area contributed by atoms with Crippen LogP contribution < -0.4 is 27.4 Å². The largest absolute Gasteiger partial charge is 0.480 e. The summed E-state index contributed by atoms with van der Waals surface area (Å²) in [5.74, 6) is -3.45. The predicted octanol–water partition coefficient (Wildman–Crippen LogP) is -2.53. The summed E-state index contributed by atoms with van der Waals surface area (Å²) in [6.07, 6.45) is 4.57. The van der Waals surface area contributed by atoms with Crippen LogP contribution >= 0.6 is 11.8 Å². The Morgan fingerprint density at radius 3 is 2.22 bits per heavy atom. The second kappa shape index (κ2) is 14.0. The zero-order valence-corrected chi connectivity index (χ0v) is 18.4. The number of aromatic amines is 1. The minimum Gasteiger partial charge on any atom is -0.480 e. The number of amides is 4. The molecule has 14 heteroatoms. The van der Waals surface area contributed by atoms with Crippen molar-refractivity contribution in [2.45, 2.75) is 43.8 Å². The first-order chi connectivity index (χ1) is 15.2. The SMILES string of the molecule is CSCCC(NC(=O)C(CCC(N)=O)NC(=O)CN)C(=O)NC(Cc1cnc[nH]1)C(=O)O. The van der Waals surface area contributed by atoms with Crippen molar-refractivity contribution in [3.05, 3.63) is 18.2 Å². The number of carboxylic acid groups (broad SMARTS) is 1. The number of nitrogens with zero attached hydrogens (tertiary/aromatic N) is 1. The van der Waals surface area contributed by atoms with Crippen molar-refractivity contribution in [3.8, 4) is 0 Å². The molecule has 3 unspecified atom stereocenters. The number of aromatic nitrogens is 2. The maximum Gasteiger partial charge on any atom is 0.326 e. The molecule has 1 rings (SSSR count). The van der Waals surface area contributed by atoms with Gasteiger partial charge in [0.25, 0.3) is 0 Å². The number of rotatable bonds is 15. The van der Waals surface area contributed by atoms with Gasteiger partial charge in [-0.3, -0.25) is 19.2 Å². The van der Waals surface area contributed by atoms with Gasteiger partial charge in [0.15, 0.2) is 0 Å². The lowest BCUT2D eigenvalue weighted by Crippen LogP contribution is -2.56. The van der Waals surface area contributed by atoms with Crippen molar-refractivity contribution in [2.24, 2.45) is 11.5 Å². The van der Waals surface area contributed by atoms with Gasteiger partial charge in [-0.25, -0.2) is 9.78 Å². The Morgan fingerprint density at radius 2 is 1.72 bits per heavy atom. The van der Waals surface area contributed by atoms with E-state index in [2.05, 4.69) is 25.9 Å². The fourth-order valence-corrected chi connectivity index (χ4v) is 3.15. The Morgan fingerprint density at radius 1 is 1.09 bits per heavy atom. The number of nitrogens with two attached hydrogens (primary N) is 2. The Kier molecular flexibility index (Phi) is 11.8. The van der Waals surface area contributed by atoms with Crippen LogP contribution in [0.4, 0.5) is 0 Å². The summed E-state index contributed by atoms with van der Waals surface area (Å²) >= 11 is 1.43. The Labute approximate surface area is 188 Å². The van der Waals surface area contributed by atoms with E-state index in [0.717, 1.165) is 0 Å². The van der Waals surface area contributed by atoms with Crippen LogP contribution in [-0.2, 0) is 30.4 Å². The maximum atomic E-state index is 12.8. The number of nitrogens with one attached hydrogen (secondary N) is 4. The van der Waals surface area contributed by atoms with E-state index in [1.54, 1.807) is 0 Å². The molecule has 0 fully saturated rings. The second-order valence-corrected chi connectivity index (χ2v) is 7.84. The van der Waals surface area contributed by atoms with E-state index in [0.29, 0.717) is 11.4 Å². The molecule has 1 aromatic heterocycles. The van der Waals surface area contributed by atoms with Gasteiger partial charge in [0.2, 0.25) is 23.6 Å². The van der Waals surface area contributed by atoms with Crippen molar-refractivity contribution in [3.63, 3.8) is 0 Å². The molecule has 4 amide bonds. The number of thioether (sulfide) groups is 1. The molecule has 0 radical (unpaired) electrons. The fraction of sp³-hybridized carbons (Fsp3) is 0.556. The fourth-order valence-electron chi connectivity index (χ4n) is 2.67. The summed E-state index contributed by atoms with van der Waals surface area (Å²) < 4.78 is 0. The van der Waals surface area contributed by atoms with Crippen LogP contribution in [0.15, 0.2) is 12.5 Å². The third-order valence-corrected chi connectivity index (χ3v) is 5.00. The van der Waals surface area contributed by atoms with Gasteiger partial charge in [0, 0.05) is 24.7 Å². The second-order valence-electron chi connectivity index (χ2n) is 6.85. The minimum atomic E-state index is -1.25. The van der Waals surface area contributed by atoms with Gasteiger partial charge in [0.05, 0.1) is 12.9 Å². The predicted molar refractivity (Wildman–Crippen MR) is 116 cm³/mol. The number of carbonyl (C=O) groups is 5. The van der Waals surface area contributed by atoms with E-state index in [1.165, 1.54) is 24.3 Å². The molecule has 0 aromatic carbocycles. The van der Waals surface area contributed by atoms with Crippen LogP contribution in [-0.4, -0.2) is 81.4 Å². The minimum absolute atomic E-state index is 0.0297. The van der Waals surface area contributed by atoms with E-state index in [9.17, 15) is 29.1 Å². The summed E-state index contributed by atoms with van der Waals surface area (Å²) in [7, 11) is 0. The summed E-state index contributed by atoms with van der Waals surface area (Å²) in [4.78, 5) is 66.4. The maximum absolute atomic E-state index is 12.8. The molecular formula is C18H29N7O6S. The molecular weight excluding hydrogens is 442 g/mol. The topological polar surface area (TPSA) is 222 Å². The van der Waals surface area contributed by atoms with Crippen LogP contribution in [0, 0.1) is 0 Å². The molecule has 0 spiro atoms. The zero-order valence-electron chi connectivity index (χ0n) is 17.6. The average molecular weight is 472 g/mol. The molecule has 0 aliphatic carbocycles. The Balaban J connectivity index is 2.91. The Bertz CT molecular complexity index is 789. The number of primary amides is 1. The number of carboxylic acids is 1. The first-order valence-electron chi connectivity index (χ1n) is 9.75. The third kappa shape index (κ3) is 9.78. The highest BCUT2D eigenvalue weighted by Gasteiger charge is 2.29. The summed E-state index contributed by atoms with van der Waals surface area (Å²) in [6.45, 7) is -0.370. The van der Waals surface area contributed by atoms with E-state index in [4.69, 9.17) is 11.5 Å². The molecule has 9 N–H and O–H groups in total. The Hall–Kier alpha value is -3.13. The van der Waals surface area contributed by atoms with Crippen molar-refractivity contribution in [1.29, 1.82) is 0 Å². The molecule has 0 saturated carbocycles. The number of hydrogen-bond donors (Lipinski definition) is 7. The normalized spacial score (nSPS) is 13.4. The van der Waals surface area contributed by atoms with Crippen molar-refractivity contribution in [1.82, 2.24) is 25.9 Å². The summed E-state index contributed by atoms with van der Waals surface area (Å²) in [5, 5.41) is 16.8. The van der Waals surface area contributed by atoms with Crippen molar-refractivity contribution < 1.29 is 29.1 Å². The highest BCUT2D eigenvalue weighted by molar-refractivity contribution is 7.98. The average Bonchev–Trinajstić information content (AvgIpc) is 3.25. The number of hydrogen-bond acceptors (Lipinski definition) is 8. The summed E-state index contributed by atoms with van der Waals surface area (Å²) in [6, 6.07) is -3.45. The number of carbonyl (C=O) groups excluding carboxylic acids is 4. The molecule has 0 saturated heterocycles. The molecule has 32 heavy (non-hydrogen) atoms. The highest BCUT2D eigenvalue weighted by Crippen LogP contribution is 2.06. The zero-order chi connectivity index (χ0) is 24.1. The third-order valence-electron chi connectivity index (χ3n) is 4.35. The van der Waals surface area contributed by atoms with Crippen molar-refractivity contribution in [2.75, 3.05) is 18.6 Å². The van der Waals surface area contributed by atoms with Gasteiger partial charge in [-0.05, 0) is 24.9 Å². The molecule has 1 aromatic rings. The lowest BCUT2D eigenvalue weighted by Gasteiger charge is -2.24. The number of aliphatic carboxylic acids is 1. The van der Waals surface area contributed by atoms with E-state index in [1.807, 2.05) is 6.26 Å². The van der Waals surface area contributed by atoms with Gasteiger partial charge in [-0.1, -0.05) is 0 Å². The van der Waals surface area contributed by atoms with E-state index in [-0.39, 0.29) is 32.2 Å². The lowest BCUT2D eigenvalue weighted by atomic mass is 10.1. The molecule has 0 bridgehead atoms. The van der Waals surface area contributed by atoms with Crippen LogP contribution in [0.1, 0.15) is 25.0 Å². The van der Waals surface area contributed by atoms with Crippen LogP contribution in [0.25, 0.3) is 0 Å².